The summed E-state index contributed by atoms with van der Waals surface area (Å²) in [5, 5.41) is 7.85. The summed E-state index contributed by atoms with van der Waals surface area (Å²) >= 11 is 1.55. The highest BCUT2D eigenvalue weighted by Crippen LogP contribution is 2.23. The summed E-state index contributed by atoms with van der Waals surface area (Å²) in [5.74, 6) is 0.0110. The molecule has 1 aliphatic rings. The lowest BCUT2D eigenvalue weighted by Crippen LogP contribution is -2.46. The van der Waals surface area contributed by atoms with Crippen LogP contribution in [0.1, 0.15) is 36.8 Å². The Morgan fingerprint density at radius 3 is 3.04 bits per heavy atom. The highest BCUT2D eigenvalue weighted by atomic mass is 32.1. The van der Waals surface area contributed by atoms with Crippen molar-refractivity contribution in [2.75, 3.05) is 18.4 Å². The first kappa shape index (κ1) is 17.0. The standard InChI is InChI=1S/C16H24N6OS/c1-3-14-12(2)24-16(19-14)20-15(23)9-21-7-5-4-6-13(21)8-22-11-17-10-18-22/h10-11,13H,3-9H2,1-2H3,(H,19,20,23)/t13-/m0/s1. The molecule has 0 aliphatic carbocycles. The van der Waals surface area contributed by atoms with Crippen LogP contribution in [-0.4, -0.2) is 49.7 Å². The fourth-order valence-corrected chi connectivity index (χ4v) is 4.09. The van der Waals surface area contributed by atoms with E-state index in [4.69, 9.17) is 0 Å². The first-order valence-electron chi connectivity index (χ1n) is 8.48. The van der Waals surface area contributed by atoms with Crippen LogP contribution in [0.5, 0.6) is 0 Å². The monoisotopic (exact) mass is 348 g/mol. The van der Waals surface area contributed by atoms with Gasteiger partial charge in [0, 0.05) is 10.9 Å². The molecule has 0 saturated carbocycles. The maximum atomic E-state index is 12.4. The summed E-state index contributed by atoms with van der Waals surface area (Å²) in [6.45, 7) is 6.26. The lowest BCUT2D eigenvalue weighted by Gasteiger charge is -2.34. The van der Waals surface area contributed by atoms with Crippen LogP contribution < -0.4 is 5.32 Å². The van der Waals surface area contributed by atoms with E-state index >= 15 is 0 Å². The lowest BCUT2D eigenvalue weighted by molar-refractivity contribution is -0.118. The van der Waals surface area contributed by atoms with Crippen LogP contribution in [0.3, 0.4) is 0 Å². The van der Waals surface area contributed by atoms with Crippen LogP contribution >= 0.6 is 11.3 Å². The number of amides is 1. The summed E-state index contributed by atoms with van der Waals surface area (Å²) in [6, 6.07) is 0.329. The third kappa shape index (κ3) is 4.18. The van der Waals surface area contributed by atoms with E-state index in [2.05, 4.69) is 32.2 Å². The number of rotatable bonds is 6. The molecule has 1 saturated heterocycles. The second-order valence-electron chi connectivity index (χ2n) is 6.16. The number of nitrogens with zero attached hydrogens (tertiary/aromatic N) is 5. The van der Waals surface area contributed by atoms with Crippen LogP contribution in [0.4, 0.5) is 5.13 Å². The summed E-state index contributed by atoms with van der Waals surface area (Å²) in [7, 11) is 0. The van der Waals surface area contributed by atoms with Gasteiger partial charge in [-0.05, 0) is 32.7 Å². The number of nitrogens with one attached hydrogen (secondary N) is 1. The van der Waals surface area contributed by atoms with Crippen LogP contribution in [-0.2, 0) is 17.8 Å². The van der Waals surface area contributed by atoms with Crippen LogP contribution in [0.2, 0.25) is 0 Å². The molecule has 7 nitrogen and oxygen atoms in total. The molecule has 24 heavy (non-hydrogen) atoms. The maximum absolute atomic E-state index is 12.4. The van der Waals surface area contributed by atoms with Gasteiger partial charge in [0.05, 0.1) is 18.8 Å². The van der Waals surface area contributed by atoms with Crippen molar-refractivity contribution in [3.63, 3.8) is 0 Å². The Balaban J connectivity index is 1.58. The molecule has 1 fully saturated rings. The number of carbonyl (C=O) groups is 1. The number of hydrogen-bond acceptors (Lipinski definition) is 6. The molecule has 0 aromatic carbocycles. The van der Waals surface area contributed by atoms with Crippen molar-refractivity contribution in [3.8, 4) is 0 Å². The molecule has 0 radical (unpaired) electrons. The summed E-state index contributed by atoms with van der Waals surface area (Å²) < 4.78 is 1.85. The van der Waals surface area contributed by atoms with Crippen molar-refractivity contribution in [3.05, 3.63) is 23.2 Å². The molecular formula is C16H24N6OS. The van der Waals surface area contributed by atoms with Crippen LogP contribution in [0, 0.1) is 6.92 Å². The third-order valence-corrected chi connectivity index (χ3v) is 5.36. The van der Waals surface area contributed by atoms with Crippen molar-refractivity contribution in [1.82, 2.24) is 24.6 Å². The van der Waals surface area contributed by atoms with Gasteiger partial charge >= 0.3 is 0 Å². The molecule has 3 rings (SSSR count). The van der Waals surface area contributed by atoms with E-state index in [0.29, 0.717) is 17.7 Å². The van der Waals surface area contributed by atoms with Gasteiger partial charge in [0.1, 0.15) is 12.7 Å². The largest absolute Gasteiger partial charge is 0.301 e. The summed E-state index contributed by atoms with van der Waals surface area (Å²) in [4.78, 5) is 24.3. The van der Waals surface area contributed by atoms with Gasteiger partial charge in [-0.2, -0.15) is 5.10 Å². The first-order valence-corrected chi connectivity index (χ1v) is 9.30. The van der Waals surface area contributed by atoms with Crippen molar-refractivity contribution in [2.45, 2.75) is 52.1 Å². The highest BCUT2D eigenvalue weighted by Gasteiger charge is 2.25. The second-order valence-corrected chi connectivity index (χ2v) is 7.36. The smallest absolute Gasteiger partial charge is 0.240 e. The van der Waals surface area contributed by atoms with Gasteiger partial charge in [-0.1, -0.05) is 13.3 Å². The lowest BCUT2D eigenvalue weighted by atomic mass is 10.0. The molecule has 1 N–H and O–H groups in total. The molecule has 1 aliphatic heterocycles. The predicted octanol–water partition coefficient (Wildman–Crippen LogP) is 2.10. The molecule has 0 spiro atoms. The minimum atomic E-state index is 0.0110. The number of likely N-dealkylation sites (tertiary alicyclic amines) is 1. The predicted molar refractivity (Wildman–Crippen MR) is 94.1 cm³/mol. The average Bonchev–Trinajstić information content (AvgIpc) is 3.18. The number of hydrogen-bond donors (Lipinski definition) is 1. The normalized spacial score (nSPS) is 18.7. The Morgan fingerprint density at radius 2 is 2.33 bits per heavy atom. The minimum Gasteiger partial charge on any atom is -0.301 e. The highest BCUT2D eigenvalue weighted by molar-refractivity contribution is 7.15. The number of piperidine rings is 1. The molecule has 3 heterocycles. The van der Waals surface area contributed by atoms with Gasteiger partial charge in [-0.15, -0.1) is 11.3 Å². The second kappa shape index (κ2) is 7.85. The van der Waals surface area contributed by atoms with Crippen molar-refractivity contribution in [2.24, 2.45) is 0 Å². The van der Waals surface area contributed by atoms with Gasteiger partial charge in [-0.3, -0.25) is 14.4 Å². The van der Waals surface area contributed by atoms with Gasteiger partial charge < -0.3 is 5.32 Å². The maximum Gasteiger partial charge on any atom is 0.240 e. The molecular weight excluding hydrogens is 324 g/mol. The Kier molecular flexibility index (Phi) is 5.57. The fraction of sp³-hybridized carbons (Fsp3) is 0.625. The van der Waals surface area contributed by atoms with E-state index < -0.39 is 0 Å². The van der Waals surface area contributed by atoms with E-state index in [9.17, 15) is 4.79 Å². The number of anilines is 1. The zero-order valence-electron chi connectivity index (χ0n) is 14.2. The van der Waals surface area contributed by atoms with Gasteiger partial charge in [0.15, 0.2) is 5.13 Å². The Bertz CT molecular complexity index is 668. The van der Waals surface area contributed by atoms with Gasteiger partial charge in [0.2, 0.25) is 5.91 Å². The number of aromatic nitrogens is 4. The molecule has 0 bridgehead atoms. The fourth-order valence-electron chi connectivity index (χ4n) is 3.17. The number of carbonyl (C=O) groups excluding carboxylic acids is 1. The van der Waals surface area contributed by atoms with E-state index in [1.165, 1.54) is 11.3 Å². The first-order chi connectivity index (χ1) is 11.7. The zero-order valence-corrected chi connectivity index (χ0v) is 15.1. The topological polar surface area (TPSA) is 75.9 Å². The van der Waals surface area contributed by atoms with Gasteiger partial charge in [0.25, 0.3) is 0 Å². The van der Waals surface area contributed by atoms with E-state index in [0.717, 1.165) is 38.0 Å². The Morgan fingerprint density at radius 1 is 1.46 bits per heavy atom. The number of aryl methyl sites for hydroxylation is 2. The van der Waals surface area contributed by atoms with Crippen molar-refractivity contribution in [1.29, 1.82) is 0 Å². The van der Waals surface area contributed by atoms with E-state index in [1.807, 2.05) is 11.6 Å². The number of thiazole rings is 1. The minimum absolute atomic E-state index is 0.0110. The summed E-state index contributed by atoms with van der Waals surface area (Å²) in [6.07, 6.45) is 7.60. The molecule has 2 aromatic rings. The third-order valence-electron chi connectivity index (χ3n) is 4.43. The van der Waals surface area contributed by atoms with E-state index in [-0.39, 0.29) is 5.91 Å². The molecule has 1 atom stereocenters. The van der Waals surface area contributed by atoms with Crippen LogP contribution in [0.15, 0.2) is 12.7 Å². The molecule has 0 unspecified atom stereocenters. The Hall–Kier alpha value is -1.80. The van der Waals surface area contributed by atoms with Crippen LogP contribution in [0.25, 0.3) is 0 Å². The zero-order chi connectivity index (χ0) is 16.9. The molecule has 130 valence electrons. The van der Waals surface area contributed by atoms with Crippen molar-refractivity contribution >= 4 is 22.4 Å². The SMILES string of the molecule is CCc1nc(NC(=O)CN2CCCC[C@H]2Cn2cncn2)sc1C. The quantitative estimate of drug-likeness (QED) is 0.865. The van der Waals surface area contributed by atoms with Gasteiger partial charge in [-0.25, -0.2) is 9.97 Å². The molecule has 1 amide bonds. The molecule has 2 aromatic heterocycles. The van der Waals surface area contributed by atoms with Crippen molar-refractivity contribution < 1.29 is 4.79 Å². The summed E-state index contributed by atoms with van der Waals surface area (Å²) in [5.41, 5.74) is 1.07. The van der Waals surface area contributed by atoms with E-state index in [1.54, 1.807) is 24.0 Å². The Labute approximate surface area is 146 Å². The average molecular weight is 348 g/mol. The molecule has 8 heteroatoms.